The monoisotopic (exact) mass is 278 g/mol. The van der Waals surface area contributed by atoms with Gasteiger partial charge in [0.1, 0.15) is 0 Å². The van der Waals surface area contributed by atoms with Crippen LogP contribution in [0, 0.1) is 11.3 Å². The lowest BCUT2D eigenvalue weighted by Gasteiger charge is -2.40. The largest absolute Gasteiger partial charge is 0.224 e. The highest BCUT2D eigenvalue weighted by atomic mass is 32.2. The van der Waals surface area contributed by atoms with E-state index < -0.39 is 9.84 Å². The van der Waals surface area contributed by atoms with Crippen molar-refractivity contribution in [3.63, 3.8) is 0 Å². The molecule has 3 heteroatoms. The van der Waals surface area contributed by atoms with Crippen LogP contribution in [-0.2, 0) is 9.84 Å². The smallest absolute Gasteiger partial charge is 0.178 e. The molecule has 0 aliphatic heterocycles. The number of benzene rings is 1. The summed E-state index contributed by atoms with van der Waals surface area (Å²) in [4.78, 5) is 0.421. The number of hydrogen-bond donors (Lipinski definition) is 0. The average molecular weight is 278 g/mol. The van der Waals surface area contributed by atoms with Crippen LogP contribution < -0.4 is 0 Å². The van der Waals surface area contributed by atoms with E-state index >= 15 is 0 Å². The van der Waals surface area contributed by atoms with Crippen molar-refractivity contribution in [2.75, 3.05) is 5.75 Å². The van der Waals surface area contributed by atoms with Crippen molar-refractivity contribution in [1.29, 1.82) is 0 Å². The summed E-state index contributed by atoms with van der Waals surface area (Å²) in [6.07, 6.45) is 3.15. The fraction of sp³-hybridized carbons (Fsp3) is 0.500. The molecular weight excluding hydrogens is 256 g/mol. The maximum Gasteiger partial charge on any atom is 0.178 e. The van der Waals surface area contributed by atoms with Crippen LogP contribution in [0.3, 0.4) is 0 Å². The van der Waals surface area contributed by atoms with Gasteiger partial charge >= 0.3 is 0 Å². The third kappa shape index (κ3) is 3.08. The van der Waals surface area contributed by atoms with Crippen LogP contribution >= 0.6 is 0 Å². The first-order valence-corrected chi connectivity index (χ1v) is 8.44. The van der Waals surface area contributed by atoms with Gasteiger partial charge in [-0.15, -0.1) is 0 Å². The molecule has 19 heavy (non-hydrogen) atoms. The topological polar surface area (TPSA) is 34.1 Å². The second-order valence-corrected chi connectivity index (χ2v) is 8.18. The molecule has 1 atom stereocenters. The van der Waals surface area contributed by atoms with Crippen molar-refractivity contribution < 1.29 is 8.42 Å². The molecule has 0 heterocycles. The lowest BCUT2D eigenvalue weighted by molar-refractivity contribution is 0.207. The molecule has 2 nitrogen and oxygen atoms in total. The molecule has 1 aliphatic rings. The molecule has 0 unspecified atom stereocenters. The van der Waals surface area contributed by atoms with Crippen LogP contribution in [0.1, 0.15) is 33.1 Å². The number of allylic oxidation sites excluding steroid dienone is 1. The number of rotatable bonds is 3. The van der Waals surface area contributed by atoms with Gasteiger partial charge in [-0.1, -0.05) is 44.2 Å². The normalized spacial score (nSPS) is 23.3. The molecule has 0 saturated heterocycles. The van der Waals surface area contributed by atoms with E-state index in [-0.39, 0.29) is 17.1 Å². The van der Waals surface area contributed by atoms with E-state index in [0.29, 0.717) is 4.90 Å². The Morgan fingerprint density at radius 3 is 2.47 bits per heavy atom. The van der Waals surface area contributed by atoms with Crippen LogP contribution in [0.2, 0.25) is 0 Å². The molecule has 104 valence electrons. The quantitative estimate of drug-likeness (QED) is 0.787. The Morgan fingerprint density at radius 1 is 1.26 bits per heavy atom. The molecule has 1 fully saturated rings. The van der Waals surface area contributed by atoms with Gasteiger partial charge in [0.15, 0.2) is 9.84 Å². The number of hydrogen-bond acceptors (Lipinski definition) is 2. The van der Waals surface area contributed by atoms with Gasteiger partial charge in [0.25, 0.3) is 0 Å². The Hall–Kier alpha value is -1.09. The van der Waals surface area contributed by atoms with Crippen molar-refractivity contribution >= 4 is 9.84 Å². The zero-order valence-corrected chi connectivity index (χ0v) is 12.5. The van der Waals surface area contributed by atoms with Crippen molar-refractivity contribution in [3.05, 3.63) is 42.5 Å². The zero-order valence-electron chi connectivity index (χ0n) is 11.7. The van der Waals surface area contributed by atoms with Crippen molar-refractivity contribution in [2.45, 2.75) is 38.0 Å². The maximum atomic E-state index is 12.5. The summed E-state index contributed by atoms with van der Waals surface area (Å²) in [5.41, 5.74) is 1.12. The van der Waals surface area contributed by atoms with Crippen LogP contribution in [-0.4, -0.2) is 14.2 Å². The van der Waals surface area contributed by atoms with Crippen LogP contribution in [0.4, 0.5) is 0 Å². The summed E-state index contributed by atoms with van der Waals surface area (Å²) >= 11 is 0. The molecule has 0 radical (unpaired) electrons. The van der Waals surface area contributed by atoms with E-state index in [1.165, 1.54) is 0 Å². The Bertz CT molecular complexity index is 556. The zero-order chi connectivity index (χ0) is 14.1. The first-order valence-electron chi connectivity index (χ1n) is 6.78. The van der Waals surface area contributed by atoms with Crippen molar-refractivity contribution in [2.24, 2.45) is 11.3 Å². The molecule has 2 rings (SSSR count). The van der Waals surface area contributed by atoms with E-state index in [0.717, 1.165) is 24.8 Å². The highest BCUT2D eigenvalue weighted by Crippen LogP contribution is 2.44. The van der Waals surface area contributed by atoms with Gasteiger partial charge < -0.3 is 0 Å². The number of sulfone groups is 1. The molecule has 1 aliphatic carbocycles. The van der Waals surface area contributed by atoms with Gasteiger partial charge in [-0.3, -0.25) is 0 Å². The minimum Gasteiger partial charge on any atom is -0.224 e. The third-order valence-electron chi connectivity index (χ3n) is 4.24. The minimum atomic E-state index is -3.22. The van der Waals surface area contributed by atoms with E-state index in [2.05, 4.69) is 20.4 Å². The van der Waals surface area contributed by atoms with Gasteiger partial charge in [0, 0.05) is 0 Å². The molecule has 0 spiro atoms. The third-order valence-corrected chi connectivity index (χ3v) is 6.01. The van der Waals surface area contributed by atoms with Crippen LogP contribution in [0.25, 0.3) is 0 Å². The van der Waals surface area contributed by atoms with Gasteiger partial charge in [-0.2, -0.15) is 0 Å². The minimum absolute atomic E-state index is 0.0250. The predicted octanol–water partition coefficient (Wildman–Crippen LogP) is 3.84. The van der Waals surface area contributed by atoms with E-state index in [1.807, 2.05) is 6.07 Å². The molecule has 1 saturated carbocycles. The molecule has 0 N–H and O–H groups in total. The second kappa shape index (κ2) is 5.12. The summed E-state index contributed by atoms with van der Waals surface area (Å²) in [7, 11) is -3.22. The van der Waals surface area contributed by atoms with Crippen molar-refractivity contribution in [3.8, 4) is 0 Å². The average Bonchev–Trinajstić information content (AvgIpc) is 2.35. The van der Waals surface area contributed by atoms with E-state index in [1.54, 1.807) is 24.3 Å². The standard InChI is InChI=1S/C16H22O2S/c1-13-8-7-11-16(2,3)15(13)12-19(17,18)14-9-5-4-6-10-14/h4-6,9-10,15H,1,7-8,11-12H2,2-3H3/t15-/m1/s1. The van der Waals surface area contributed by atoms with Crippen LogP contribution in [0.15, 0.2) is 47.4 Å². The highest BCUT2D eigenvalue weighted by molar-refractivity contribution is 7.91. The molecular formula is C16H22O2S. The summed E-state index contributed by atoms with van der Waals surface area (Å²) in [6, 6.07) is 8.73. The Balaban J connectivity index is 2.27. The van der Waals surface area contributed by atoms with Gasteiger partial charge in [-0.25, -0.2) is 8.42 Å². The second-order valence-electron chi connectivity index (χ2n) is 6.15. The first kappa shape index (κ1) is 14.3. The molecule has 0 aromatic heterocycles. The summed E-state index contributed by atoms with van der Waals surface area (Å²) in [5, 5.41) is 0. The molecule has 1 aromatic carbocycles. The summed E-state index contributed by atoms with van der Waals surface area (Å²) in [5.74, 6) is 0.245. The summed E-state index contributed by atoms with van der Waals surface area (Å²) in [6.45, 7) is 8.42. The lowest BCUT2D eigenvalue weighted by Crippen LogP contribution is -2.34. The predicted molar refractivity (Wildman–Crippen MR) is 78.8 cm³/mol. The summed E-state index contributed by atoms with van der Waals surface area (Å²) < 4.78 is 25.0. The van der Waals surface area contributed by atoms with E-state index in [4.69, 9.17) is 0 Å². The van der Waals surface area contributed by atoms with Gasteiger partial charge in [0.2, 0.25) is 0 Å². The van der Waals surface area contributed by atoms with E-state index in [9.17, 15) is 8.42 Å². The van der Waals surface area contributed by atoms with Gasteiger partial charge in [0.05, 0.1) is 10.6 Å². The Morgan fingerprint density at radius 2 is 1.89 bits per heavy atom. The first-order chi connectivity index (χ1) is 8.83. The highest BCUT2D eigenvalue weighted by Gasteiger charge is 2.37. The fourth-order valence-electron chi connectivity index (χ4n) is 2.96. The Labute approximate surface area is 116 Å². The maximum absolute atomic E-state index is 12.5. The Kier molecular flexibility index (Phi) is 3.86. The molecule has 1 aromatic rings. The fourth-order valence-corrected chi connectivity index (χ4v) is 4.85. The van der Waals surface area contributed by atoms with Crippen molar-refractivity contribution in [1.82, 2.24) is 0 Å². The SMILES string of the molecule is C=C1CCCC(C)(C)[C@@H]1CS(=O)(=O)c1ccccc1. The van der Waals surface area contributed by atoms with Crippen LogP contribution in [0.5, 0.6) is 0 Å². The molecule has 0 bridgehead atoms. The lowest BCUT2D eigenvalue weighted by atomic mass is 9.68. The van der Waals surface area contributed by atoms with Gasteiger partial charge in [-0.05, 0) is 42.7 Å². The molecule has 0 amide bonds.